The van der Waals surface area contributed by atoms with E-state index in [-0.39, 0.29) is 5.41 Å². The Morgan fingerprint density at radius 1 is 0.833 bits per heavy atom. The summed E-state index contributed by atoms with van der Waals surface area (Å²) in [4.78, 5) is 4.13. The molecule has 210 valence electrons. The van der Waals surface area contributed by atoms with Crippen molar-refractivity contribution in [1.82, 2.24) is 34.7 Å². The number of hydrogen-bond donors (Lipinski definition) is 0. The monoisotopic (exact) mass is 635 g/mol. The number of benzene rings is 3. The molecule has 1 fully saturated rings. The third-order valence-electron chi connectivity index (χ3n) is 7.67. The molecular formula is C30H21Cl4N7O. The molecular weight excluding hydrogens is 616 g/mol. The summed E-state index contributed by atoms with van der Waals surface area (Å²) in [6.45, 7) is 0.332. The lowest BCUT2D eigenvalue weighted by atomic mass is 9.64. The van der Waals surface area contributed by atoms with Gasteiger partial charge in [-0.2, -0.15) is 10.2 Å². The first-order chi connectivity index (χ1) is 20.4. The van der Waals surface area contributed by atoms with Crippen molar-refractivity contribution in [1.29, 1.82) is 0 Å². The second kappa shape index (κ2) is 10.9. The zero-order chi connectivity index (χ0) is 28.8. The van der Waals surface area contributed by atoms with Gasteiger partial charge in [0.15, 0.2) is 5.69 Å². The zero-order valence-electron chi connectivity index (χ0n) is 21.9. The lowest BCUT2D eigenvalue weighted by Gasteiger charge is -2.39. The van der Waals surface area contributed by atoms with Crippen molar-refractivity contribution in [2.45, 2.75) is 31.2 Å². The molecule has 3 aromatic heterocycles. The highest BCUT2D eigenvalue weighted by Crippen LogP contribution is 2.49. The summed E-state index contributed by atoms with van der Waals surface area (Å²) in [7, 11) is 0. The van der Waals surface area contributed by atoms with Gasteiger partial charge in [-0.1, -0.05) is 77.1 Å². The molecule has 0 saturated heterocycles. The van der Waals surface area contributed by atoms with Crippen LogP contribution in [0.15, 0.2) is 83.8 Å². The van der Waals surface area contributed by atoms with Crippen LogP contribution in [-0.4, -0.2) is 34.7 Å². The summed E-state index contributed by atoms with van der Waals surface area (Å²) in [6, 6.07) is 20.6. The SMILES string of the molecule is Clc1ccc(-c2c(Cn3cncn3)c(-c3nnc(C4(c5ccc(Cl)cc5)CCC4)o3)nn2-c2ccc(Cl)cc2Cl)cc1. The van der Waals surface area contributed by atoms with E-state index in [1.807, 2.05) is 54.6 Å². The molecule has 3 aromatic carbocycles. The molecule has 1 aliphatic rings. The predicted molar refractivity (Wildman–Crippen MR) is 163 cm³/mol. The van der Waals surface area contributed by atoms with Gasteiger partial charge in [0.25, 0.3) is 5.89 Å². The van der Waals surface area contributed by atoms with Gasteiger partial charge in [-0.05, 0) is 60.9 Å². The van der Waals surface area contributed by atoms with Crippen molar-refractivity contribution in [3.8, 4) is 28.5 Å². The lowest BCUT2D eigenvalue weighted by Crippen LogP contribution is -2.35. The fourth-order valence-electron chi connectivity index (χ4n) is 5.42. The first-order valence-electron chi connectivity index (χ1n) is 13.2. The van der Waals surface area contributed by atoms with Crippen molar-refractivity contribution in [3.63, 3.8) is 0 Å². The molecule has 1 saturated carbocycles. The summed E-state index contributed by atoms with van der Waals surface area (Å²) >= 11 is 25.4. The van der Waals surface area contributed by atoms with E-state index in [1.165, 1.54) is 6.33 Å². The Balaban J connectivity index is 1.43. The molecule has 0 bridgehead atoms. The van der Waals surface area contributed by atoms with Gasteiger partial charge < -0.3 is 4.42 Å². The van der Waals surface area contributed by atoms with E-state index in [4.69, 9.17) is 55.9 Å². The number of rotatable bonds is 7. The second-order valence-corrected chi connectivity index (χ2v) is 11.9. The molecule has 42 heavy (non-hydrogen) atoms. The summed E-state index contributed by atoms with van der Waals surface area (Å²) < 4.78 is 9.96. The highest BCUT2D eigenvalue weighted by Gasteiger charge is 2.45. The van der Waals surface area contributed by atoms with Crippen molar-refractivity contribution < 1.29 is 4.42 Å². The van der Waals surface area contributed by atoms with Gasteiger partial charge in [-0.3, -0.25) is 0 Å². The van der Waals surface area contributed by atoms with Crippen molar-refractivity contribution >= 4 is 46.4 Å². The average Bonchev–Trinajstić information content (AvgIpc) is 3.71. The van der Waals surface area contributed by atoms with E-state index in [0.29, 0.717) is 49.8 Å². The summed E-state index contributed by atoms with van der Waals surface area (Å²) in [6.07, 6.45) is 5.98. The minimum atomic E-state index is -0.372. The van der Waals surface area contributed by atoms with Crippen LogP contribution in [0.2, 0.25) is 20.1 Å². The fourth-order valence-corrected chi connectivity index (χ4v) is 6.16. The van der Waals surface area contributed by atoms with Gasteiger partial charge >= 0.3 is 0 Å². The molecule has 0 N–H and O–H groups in total. The zero-order valence-corrected chi connectivity index (χ0v) is 24.9. The quantitative estimate of drug-likeness (QED) is 0.175. The van der Waals surface area contributed by atoms with Crippen LogP contribution < -0.4 is 0 Å². The lowest BCUT2D eigenvalue weighted by molar-refractivity contribution is 0.241. The Morgan fingerprint density at radius 3 is 2.19 bits per heavy atom. The standard InChI is InChI=1S/C30H21Cl4N7O/c31-20-6-2-18(3-7-20)27-23(15-40-17-35-16-36-40)26(39-41(27)25-11-10-22(33)14-24(25)34)28-37-38-29(42-28)30(12-1-13-30)19-4-8-21(32)9-5-19/h2-11,14,16-17H,1,12-13,15H2. The van der Waals surface area contributed by atoms with Crippen molar-refractivity contribution in [2.75, 3.05) is 0 Å². The third-order valence-corrected chi connectivity index (χ3v) is 8.71. The van der Waals surface area contributed by atoms with E-state index in [1.54, 1.807) is 27.8 Å². The van der Waals surface area contributed by atoms with Crippen LogP contribution in [0.3, 0.4) is 0 Å². The largest absolute Gasteiger partial charge is 0.418 e. The number of halogens is 4. The van der Waals surface area contributed by atoms with Gasteiger partial charge in [0.1, 0.15) is 12.7 Å². The molecule has 0 radical (unpaired) electrons. The Kier molecular flexibility index (Phi) is 7.02. The number of hydrogen-bond acceptors (Lipinski definition) is 6. The van der Waals surface area contributed by atoms with E-state index >= 15 is 0 Å². The molecule has 12 heteroatoms. The smallest absolute Gasteiger partial charge is 0.268 e. The van der Waals surface area contributed by atoms with E-state index in [2.05, 4.69) is 20.3 Å². The maximum Gasteiger partial charge on any atom is 0.268 e. The molecule has 0 unspecified atom stereocenters. The number of aromatic nitrogens is 7. The maximum absolute atomic E-state index is 6.71. The van der Waals surface area contributed by atoms with Gasteiger partial charge in [0, 0.05) is 26.2 Å². The third kappa shape index (κ3) is 4.78. The second-order valence-electron chi connectivity index (χ2n) is 10.1. The van der Waals surface area contributed by atoms with Crippen LogP contribution in [0.5, 0.6) is 0 Å². The molecule has 0 spiro atoms. The van der Waals surface area contributed by atoms with Crippen LogP contribution in [0.1, 0.15) is 36.3 Å². The Bertz CT molecular complexity index is 1880. The highest BCUT2D eigenvalue weighted by molar-refractivity contribution is 6.35. The van der Waals surface area contributed by atoms with Gasteiger partial charge in [-0.15, -0.1) is 10.2 Å². The first-order valence-corrected chi connectivity index (χ1v) is 14.7. The Hall–Kier alpha value is -3.69. The van der Waals surface area contributed by atoms with Crippen LogP contribution in [0, 0.1) is 0 Å². The molecule has 7 rings (SSSR count). The molecule has 0 atom stereocenters. The maximum atomic E-state index is 6.71. The average molecular weight is 637 g/mol. The fraction of sp³-hybridized carbons (Fsp3) is 0.167. The minimum absolute atomic E-state index is 0.291. The molecule has 3 heterocycles. The van der Waals surface area contributed by atoms with Gasteiger partial charge in [0.2, 0.25) is 5.89 Å². The summed E-state index contributed by atoms with van der Waals surface area (Å²) in [5, 5.41) is 20.7. The van der Waals surface area contributed by atoms with Crippen LogP contribution in [-0.2, 0) is 12.0 Å². The molecule has 1 aliphatic carbocycles. The van der Waals surface area contributed by atoms with Crippen molar-refractivity contribution in [2.24, 2.45) is 0 Å². The Labute approximate surface area is 260 Å². The first kappa shape index (κ1) is 27.2. The van der Waals surface area contributed by atoms with Crippen LogP contribution in [0.25, 0.3) is 28.5 Å². The van der Waals surface area contributed by atoms with Gasteiger partial charge in [0.05, 0.1) is 28.4 Å². The van der Waals surface area contributed by atoms with Gasteiger partial charge in [-0.25, -0.2) is 14.3 Å². The predicted octanol–water partition coefficient (Wildman–Crippen LogP) is 8.31. The van der Waals surface area contributed by atoms with E-state index < -0.39 is 0 Å². The molecule has 0 amide bonds. The minimum Gasteiger partial charge on any atom is -0.418 e. The van der Waals surface area contributed by atoms with E-state index in [0.717, 1.165) is 41.6 Å². The van der Waals surface area contributed by atoms with Crippen LogP contribution >= 0.6 is 46.4 Å². The summed E-state index contributed by atoms with van der Waals surface area (Å²) in [5.74, 6) is 0.837. The van der Waals surface area contributed by atoms with E-state index in [9.17, 15) is 0 Å². The Morgan fingerprint density at radius 2 is 1.55 bits per heavy atom. The number of nitrogens with zero attached hydrogens (tertiary/aromatic N) is 7. The summed E-state index contributed by atoms with van der Waals surface area (Å²) in [5.41, 5.74) is 4.27. The highest BCUT2D eigenvalue weighted by atomic mass is 35.5. The topological polar surface area (TPSA) is 87.4 Å². The molecule has 8 nitrogen and oxygen atoms in total. The van der Waals surface area contributed by atoms with Crippen molar-refractivity contribution in [3.05, 3.63) is 116 Å². The normalized spacial score (nSPS) is 14.2. The molecule has 6 aromatic rings. The van der Waals surface area contributed by atoms with Crippen LogP contribution in [0.4, 0.5) is 0 Å². The molecule has 0 aliphatic heterocycles.